The number of furan rings is 1. The molecule has 1 aliphatic heterocycles. The highest BCUT2D eigenvalue weighted by molar-refractivity contribution is 6.41. The second-order valence-electron chi connectivity index (χ2n) is 7.64. The van der Waals surface area contributed by atoms with Crippen molar-refractivity contribution in [3.05, 3.63) is 36.0 Å². The van der Waals surface area contributed by atoms with Gasteiger partial charge in [0.2, 0.25) is 0 Å². The maximum absolute atomic E-state index is 12.4. The molecule has 0 N–H and O–H groups in total. The Morgan fingerprint density at radius 1 is 1.36 bits per heavy atom. The van der Waals surface area contributed by atoms with Gasteiger partial charge in [0.25, 0.3) is 11.7 Å². The van der Waals surface area contributed by atoms with E-state index in [9.17, 15) is 9.59 Å². The first-order valence-electron chi connectivity index (χ1n) is 8.62. The average Bonchev–Trinajstić information content (AvgIpc) is 3.25. The van der Waals surface area contributed by atoms with Crippen molar-refractivity contribution in [2.75, 3.05) is 13.1 Å². The molecule has 25 heavy (non-hydrogen) atoms. The number of piperidine rings is 1. The van der Waals surface area contributed by atoms with Crippen LogP contribution < -0.4 is 0 Å². The first-order chi connectivity index (χ1) is 11.8. The van der Waals surface area contributed by atoms with Gasteiger partial charge in [0.15, 0.2) is 5.76 Å². The van der Waals surface area contributed by atoms with E-state index in [2.05, 4.69) is 31.1 Å². The van der Waals surface area contributed by atoms with Crippen LogP contribution in [0.5, 0.6) is 0 Å². The molecule has 0 radical (unpaired) electrons. The molecule has 0 bridgehead atoms. The van der Waals surface area contributed by atoms with Gasteiger partial charge in [-0.15, -0.1) is 5.10 Å². The van der Waals surface area contributed by atoms with Gasteiger partial charge in [-0.05, 0) is 30.9 Å². The summed E-state index contributed by atoms with van der Waals surface area (Å²) in [6.45, 7) is 8.15. The molecular formula is C18H24N4O3. The lowest BCUT2D eigenvalue weighted by atomic mass is 9.93. The minimum atomic E-state index is -0.582. The highest BCUT2D eigenvalue weighted by atomic mass is 16.3. The highest BCUT2D eigenvalue weighted by Crippen LogP contribution is 2.22. The summed E-state index contributed by atoms with van der Waals surface area (Å²) in [4.78, 5) is 26.2. The van der Waals surface area contributed by atoms with E-state index in [4.69, 9.17) is 4.42 Å². The topological polar surface area (TPSA) is 81.2 Å². The molecule has 1 amide bonds. The van der Waals surface area contributed by atoms with Crippen molar-refractivity contribution in [1.29, 1.82) is 0 Å². The Morgan fingerprint density at radius 3 is 2.80 bits per heavy atom. The van der Waals surface area contributed by atoms with E-state index < -0.39 is 11.7 Å². The lowest BCUT2D eigenvalue weighted by Gasteiger charge is -2.32. The summed E-state index contributed by atoms with van der Waals surface area (Å²) in [6.07, 6.45) is 5.25. The van der Waals surface area contributed by atoms with E-state index in [-0.39, 0.29) is 17.1 Å². The third-order valence-corrected chi connectivity index (χ3v) is 4.50. The van der Waals surface area contributed by atoms with Gasteiger partial charge < -0.3 is 9.32 Å². The normalized spacial score (nSPS) is 18.4. The number of hydrogen-bond donors (Lipinski definition) is 0. The summed E-state index contributed by atoms with van der Waals surface area (Å²) in [5.41, 5.74) is 0.909. The molecule has 0 aromatic carbocycles. The minimum absolute atomic E-state index is 0.0394. The number of likely N-dealkylation sites (tertiary alicyclic amines) is 1. The molecule has 2 aromatic rings. The van der Waals surface area contributed by atoms with Gasteiger partial charge in [0.05, 0.1) is 12.0 Å². The predicted molar refractivity (Wildman–Crippen MR) is 91.1 cm³/mol. The van der Waals surface area contributed by atoms with Crippen LogP contribution in [0.4, 0.5) is 0 Å². The zero-order chi connectivity index (χ0) is 18.0. The monoisotopic (exact) mass is 344 g/mol. The Balaban J connectivity index is 1.62. The molecule has 7 nitrogen and oxygen atoms in total. The van der Waals surface area contributed by atoms with Gasteiger partial charge in [0, 0.05) is 31.2 Å². The Bertz CT molecular complexity index is 743. The molecule has 7 heteroatoms. The second kappa shape index (κ2) is 6.82. The molecule has 0 aliphatic carbocycles. The quantitative estimate of drug-likeness (QED) is 0.628. The lowest BCUT2D eigenvalue weighted by Crippen LogP contribution is -2.44. The molecule has 3 rings (SSSR count). The van der Waals surface area contributed by atoms with Gasteiger partial charge in [-0.25, -0.2) is 0 Å². The van der Waals surface area contributed by atoms with Crippen molar-refractivity contribution in [2.45, 2.75) is 45.6 Å². The van der Waals surface area contributed by atoms with Crippen molar-refractivity contribution in [3.8, 4) is 0 Å². The first-order valence-corrected chi connectivity index (χ1v) is 8.62. The number of nitrogens with zero attached hydrogens (tertiary/aromatic N) is 4. The highest BCUT2D eigenvalue weighted by Gasteiger charge is 2.30. The number of carbonyl (C=O) groups excluding carboxylic acids is 2. The molecule has 0 spiro atoms. The Morgan fingerprint density at radius 2 is 2.16 bits per heavy atom. The van der Waals surface area contributed by atoms with Crippen LogP contribution in [0.1, 0.15) is 49.9 Å². The number of carbonyl (C=O) groups is 2. The van der Waals surface area contributed by atoms with Crippen LogP contribution in [0.2, 0.25) is 0 Å². The molecule has 3 heterocycles. The van der Waals surface area contributed by atoms with Crippen LogP contribution in [0, 0.1) is 5.92 Å². The van der Waals surface area contributed by atoms with E-state index >= 15 is 0 Å². The molecule has 1 atom stereocenters. The summed E-state index contributed by atoms with van der Waals surface area (Å²) < 4.78 is 6.89. The van der Waals surface area contributed by atoms with Crippen LogP contribution >= 0.6 is 0 Å². The van der Waals surface area contributed by atoms with E-state index in [0.29, 0.717) is 19.6 Å². The summed E-state index contributed by atoms with van der Waals surface area (Å²) in [5.74, 6) is -0.718. The zero-order valence-electron chi connectivity index (χ0n) is 14.9. The van der Waals surface area contributed by atoms with Crippen molar-refractivity contribution in [3.63, 3.8) is 0 Å². The van der Waals surface area contributed by atoms with Gasteiger partial charge in [-0.3, -0.25) is 14.3 Å². The van der Waals surface area contributed by atoms with Crippen molar-refractivity contribution >= 4 is 11.7 Å². The standard InChI is InChI=1S/C18H24N4O3/c1-18(2,3)15-12-22(20-19-15)11-13-6-4-8-21(10-13)17(24)16(23)14-7-5-9-25-14/h5,7,9,12-13H,4,6,8,10-11H2,1-3H3. The fourth-order valence-corrected chi connectivity index (χ4v) is 3.05. The molecule has 1 aliphatic rings. The number of Topliss-reactive ketones (excluding diaryl/α,β-unsaturated/α-hetero) is 1. The maximum atomic E-state index is 12.4. The third kappa shape index (κ3) is 3.97. The van der Waals surface area contributed by atoms with Crippen LogP contribution in [0.15, 0.2) is 29.0 Å². The molecular weight excluding hydrogens is 320 g/mol. The van der Waals surface area contributed by atoms with Crippen molar-refractivity contribution in [2.24, 2.45) is 5.92 Å². The number of amides is 1. The van der Waals surface area contributed by atoms with E-state index in [1.54, 1.807) is 11.0 Å². The smallest absolute Gasteiger partial charge is 0.298 e. The number of aromatic nitrogens is 3. The van der Waals surface area contributed by atoms with Crippen LogP contribution in [0.3, 0.4) is 0 Å². The number of ketones is 1. The summed E-state index contributed by atoms with van der Waals surface area (Å²) in [5, 5.41) is 8.44. The van der Waals surface area contributed by atoms with Crippen molar-refractivity contribution < 1.29 is 14.0 Å². The molecule has 1 unspecified atom stereocenters. The molecule has 0 saturated carbocycles. The van der Waals surface area contributed by atoms with Gasteiger partial charge in [-0.2, -0.15) is 0 Å². The number of rotatable bonds is 4. The third-order valence-electron chi connectivity index (χ3n) is 4.50. The Kier molecular flexibility index (Phi) is 4.74. The van der Waals surface area contributed by atoms with Gasteiger partial charge >= 0.3 is 0 Å². The van der Waals surface area contributed by atoms with E-state index in [0.717, 1.165) is 18.5 Å². The SMILES string of the molecule is CC(C)(C)c1cn(CC2CCCN(C(=O)C(=O)c3ccco3)C2)nn1. The Labute approximate surface area is 147 Å². The predicted octanol–water partition coefficient (Wildman–Crippen LogP) is 2.29. The second-order valence-corrected chi connectivity index (χ2v) is 7.64. The van der Waals surface area contributed by atoms with Crippen LogP contribution in [-0.2, 0) is 16.8 Å². The number of hydrogen-bond acceptors (Lipinski definition) is 5. The van der Waals surface area contributed by atoms with E-state index in [1.165, 1.54) is 12.3 Å². The van der Waals surface area contributed by atoms with E-state index in [1.807, 2.05) is 10.9 Å². The Hall–Kier alpha value is -2.44. The largest absolute Gasteiger partial charge is 0.461 e. The minimum Gasteiger partial charge on any atom is -0.461 e. The fourth-order valence-electron chi connectivity index (χ4n) is 3.05. The molecule has 134 valence electrons. The van der Waals surface area contributed by atoms with Crippen LogP contribution in [0.25, 0.3) is 0 Å². The summed E-state index contributed by atoms with van der Waals surface area (Å²) in [6, 6.07) is 3.13. The van der Waals surface area contributed by atoms with Gasteiger partial charge in [-0.1, -0.05) is 26.0 Å². The summed E-state index contributed by atoms with van der Waals surface area (Å²) in [7, 11) is 0. The molecule has 2 aromatic heterocycles. The van der Waals surface area contributed by atoms with Gasteiger partial charge in [0.1, 0.15) is 0 Å². The first kappa shape index (κ1) is 17.4. The summed E-state index contributed by atoms with van der Waals surface area (Å²) >= 11 is 0. The average molecular weight is 344 g/mol. The maximum Gasteiger partial charge on any atom is 0.298 e. The van der Waals surface area contributed by atoms with Crippen LogP contribution in [-0.4, -0.2) is 44.7 Å². The van der Waals surface area contributed by atoms with Crippen molar-refractivity contribution in [1.82, 2.24) is 19.9 Å². The molecule has 1 saturated heterocycles. The lowest BCUT2D eigenvalue weighted by molar-refractivity contribution is -0.128. The molecule has 1 fully saturated rings. The fraction of sp³-hybridized carbons (Fsp3) is 0.556. The zero-order valence-corrected chi connectivity index (χ0v) is 14.9.